The zero-order valence-electron chi connectivity index (χ0n) is 13.3. The van der Waals surface area contributed by atoms with E-state index in [0.29, 0.717) is 11.5 Å². The van der Waals surface area contributed by atoms with E-state index in [1.807, 2.05) is 18.4 Å². The molecular weight excluding hydrogens is 346 g/mol. The Labute approximate surface area is 145 Å². The van der Waals surface area contributed by atoms with Gasteiger partial charge in [0, 0.05) is 11.9 Å². The second-order valence-electron chi connectivity index (χ2n) is 4.82. The average Bonchev–Trinajstić information content (AvgIpc) is 2.53. The van der Waals surface area contributed by atoms with Crippen LogP contribution < -0.4 is 15.8 Å². The van der Waals surface area contributed by atoms with Crippen LogP contribution in [-0.2, 0) is 10.0 Å². The van der Waals surface area contributed by atoms with Crippen molar-refractivity contribution in [3.05, 3.63) is 48.0 Å². The molecule has 4 N–H and O–H groups in total. The molecule has 1 aromatic carbocycles. The van der Waals surface area contributed by atoms with Crippen molar-refractivity contribution < 1.29 is 8.42 Å². The summed E-state index contributed by atoms with van der Waals surface area (Å²) in [6, 6.07) is 8.06. The minimum absolute atomic E-state index is 0.163. The summed E-state index contributed by atoms with van der Waals surface area (Å²) in [5.74, 6) is 0.698. The lowest BCUT2D eigenvalue weighted by atomic mass is 10.3. The summed E-state index contributed by atoms with van der Waals surface area (Å²) in [5, 5.41) is 4.62. The highest BCUT2D eigenvalue weighted by molar-refractivity contribution is 8.03. The lowest BCUT2D eigenvalue weighted by Gasteiger charge is -2.12. The number of hydrogen-bond donors (Lipinski definition) is 3. The number of aromatic nitrogens is 2. The van der Waals surface area contributed by atoms with Crippen LogP contribution in [0.15, 0.2) is 52.9 Å². The van der Waals surface area contributed by atoms with Crippen molar-refractivity contribution in [1.29, 1.82) is 0 Å². The Kier molecular flexibility index (Phi) is 6.18. The molecule has 0 aliphatic rings. The van der Waals surface area contributed by atoms with Gasteiger partial charge in [-0.1, -0.05) is 6.08 Å². The van der Waals surface area contributed by atoms with Gasteiger partial charge in [0.05, 0.1) is 10.3 Å². The molecule has 0 aliphatic heterocycles. The van der Waals surface area contributed by atoms with Gasteiger partial charge >= 0.3 is 0 Å². The molecule has 0 fully saturated rings. The van der Waals surface area contributed by atoms with Crippen LogP contribution in [0.3, 0.4) is 0 Å². The first-order chi connectivity index (χ1) is 11.4. The number of thioether (sulfide) groups is 1. The van der Waals surface area contributed by atoms with Crippen LogP contribution in [0.5, 0.6) is 0 Å². The summed E-state index contributed by atoms with van der Waals surface area (Å²) in [4.78, 5) is 8.03. The van der Waals surface area contributed by atoms with Gasteiger partial charge in [-0.15, -0.1) is 11.8 Å². The Balaban J connectivity index is 2.07. The molecule has 0 saturated heterocycles. The lowest BCUT2D eigenvalue weighted by Crippen LogP contribution is -2.29. The third kappa shape index (κ3) is 5.22. The van der Waals surface area contributed by atoms with Gasteiger partial charge in [-0.2, -0.15) is 9.71 Å². The predicted octanol–water partition coefficient (Wildman–Crippen LogP) is 2.69. The van der Waals surface area contributed by atoms with Gasteiger partial charge in [0.25, 0.3) is 0 Å². The first-order valence-electron chi connectivity index (χ1n) is 7.15. The second-order valence-corrected chi connectivity index (χ2v) is 7.78. The molecule has 1 unspecified atom stereocenters. The number of sulfonamides is 1. The van der Waals surface area contributed by atoms with E-state index < -0.39 is 10.0 Å². The van der Waals surface area contributed by atoms with Crippen molar-refractivity contribution in [1.82, 2.24) is 14.7 Å². The minimum atomic E-state index is -3.56. The SMILES string of the molecule is C/C=C\SC(C)NS(=O)(=O)c1ccc(Nc2ccnc(N)n2)cc1. The molecule has 0 amide bonds. The van der Waals surface area contributed by atoms with Gasteiger partial charge < -0.3 is 11.1 Å². The molecule has 1 aromatic heterocycles. The van der Waals surface area contributed by atoms with Crippen molar-refractivity contribution in [2.75, 3.05) is 11.1 Å². The highest BCUT2D eigenvalue weighted by Gasteiger charge is 2.16. The molecule has 7 nitrogen and oxygen atoms in total. The summed E-state index contributed by atoms with van der Waals surface area (Å²) < 4.78 is 27.2. The van der Waals surface area contributed by atoms with Crippen LogP contribution in [0.25, 0.3) is 0 Å². The Morgan fingerprint density at radius 1 is 1.25 bits per heavy atom. The number of allylic oxidation sites excluding steroid dienone is 1. The first-order valence-corrected chi connectivity index (χ1v) is 9.58. The summed E-state index contributed by atoms with van der Waals surface area (Å²) in [6.07, 6.45) is 3.40. The molecule has 0 aliphatic carbocycles. The van der Waals surface area contributed by atoms with E-state index in [-0.39, 0.29) is 16.2 Å². The zero-order valence-corrected chi connectivity index (χ0v) is 14.9. The number of nitrogen functional groups attached to an aromatic ring is 1. The van der Waals surface area contributed by atoms with Gasteiger partial charge in [-0.05, 0) is 49.6 Å². The van der Waals surface area contributed by atoms with Crippen molar-refractivity contribution >= 4 is 39.2 Å². The van der Waals surface area contributed by atoms with E-state index in [9.17, 15) is 8.42 Å². The maximum Gasteiger partial charge on any atom is 0.241 e. The Morgan fingerprint density at radius 2 is 1.96 bits per heavy atom. The third-order valence-electron chi connectivity index (χ3n) is 2.85. The molecule has 2 rings (SSSR count). The molecule has 24 heavy (non-hydrogen) atoms. The van der Waals surface area contributed by atoms with Crippen LogP contribution >= 0.6 is 11.8 Å². The summed E-state index contributed by atoms with van der Waals surface area (Å²) in [6.45, 7) is 3.67. The lowest BCUT2D eigenvalue weighted by molar-refractivity contribution is 0.581. The molecule has 9 heteroatoms. The normalized spacial score (nSPS) is 13.1. The van der Waals surface area contributed by atoms with Gasteiger partial charge in [-0.25, -0.2) is 13.4 Å². The largest absolute Gasteiger partial charge is 0.368 e. The van der Waals surface area contributed by atoms with Crippen LogP contribution in [0.2, 0.25) is 0 Å². The third-order valence-corrected chi connectivity index (χ3v) is 5.51. The zero-order chi connectivity index (χ0) is 17.6. The molecule has 2 aromatic rings. The monoisotopic (exact) mass is 365 g/mol. The van der Waals surface area contributed by atoms with Crippen LogP contribution in [0.1, 0.15) is 13.8 Å². The van der Waals surface area contributed by atoms with Gasteiger partial charge in [0.1, 0.15) is 5.82 Å². The summed E-state index contributed by atoms with van der Waals surface area (Å²) in [5.41, 5.74) is 6.22. The second kappa shape index (κ2) is 8.13. The molecule has 1 heterocycles. The van der Waals surface area contributed by atoms with Gasteiger partial charge in [0.2, 0.25) is 16.0 Å². The number of hydrogen-bond acceptors (Lipinski definition) is 7. The fraction of sp³-hybridized carbons (Fsp3) is 0.200. The van der Waals surface area contributed by atoms with Gasteiger partial charge in [0.15, 0.2) is 0 Å². The van der Waals surface area contributed by atoms with Crippen molar-refractivity contribution in [3.8, 4) is 0 Å². The Bertz CT molecular complexity index is 807. The molecule has 0 radical (unpaired) electrons. The van der Waals surface area contributed by atoms with E-state index in [1.165, 1.54) is 30.1 Å². The minimum Gasteiger partial charge on any atom is -0.368 e. The standard InChI is InChI=1S/C15H19N5O2S2/c1-3-10-23-11(2)20-24(21,22)13-6-4-12(5-7-13)18-14-8-9-17-15(16)19-14/h3-11,20H,1-2H3,(H3,16,17,18,19)/b10-3-. The molecule has 1 atom stereocenters. The Hall–Kier alpha value is -2.10. The van der Waals surface area contributed by atoms with E-state index in [2.05, 4.69) is 20.0 Å². The molecular formula is C15H19N5O2S2. The highest BCUT2D eigenvalue weighted by atomic mass is 32.2. The maximum absolute atomic E-state index is 12.3. The smallest absolute Gasteiger partial charge is 0.241 e. The van der Waals surface area contributed by atoms with E-state index in [0.717, 1.165) is 0 Å². The summed E-state index contributed by atoms with van der Waals surface area (Å²) >= 11 is 1.39. The number of nitrogens with one attached hydrogen (secondary N) is 2. The number of nitrogens with two attached hydrogens (primary N) is 1. The van der Waals surface area contributed by atoms with Gasteiger partial charge in [-0.3, -0.25) is 0 Å². The van der Waals surface area contributed by atoms with Crippen molar-refractivity contribution in [2.45, 2.75) is 24.1 Å². The first kappa shape index (κ1) is 18.2. The van der Waals surface area contributed by atoms with E-state index >= 15 is 0 Å². The number of anilines is 3. The average molecular weight is 365 g/mol. The molecule has 0 saturated carbocycles. The van der Waals surface area contributed by atoms with Crippen LogP contribution in [-0.4, -0.2) is 23.8 Å². The van der Waals surface area contributed by atoms with Crippen molar-refractivity contribution in [3.63, 3.8) is 0 Å². The quantitative estimate of drug-likeness (QED) is 0.647. The predicted molar refractivity (Wildman–Crippen MR) is 98.4 cm³/mol. The van der Waals surface area contributed by atoms with Crippen LogP contribution in [0.4, 0.5) is 17.5 Å². The fourth-order valence-electron chi connectivity index (χ4n) is 1.82. The maximum atomic E-state index is 12.3. The molecule has 0 spiro atoms. The van der Waals surface area contributed by atoms with Crippen molar-refractivity contribution in [2.24, 2.45) is 0 Å². The Morgan fingerprint density at radius 3 is 2.58 bits per heavy atom. The van der Waals surface area contributed by atoms with E-state index in [1.54, 1.807) is 25.1 Å². The topological polar surface area (TPSA) is 110 Å². The number of nitrogens with zero attached hydrogens (tertiary/aromatic N) is 2. The van der Waals surface area contributed by atoms with Crippen LogP contribution in [0, 0.1) is 0 Å². The molecule has 128 valence electrons. The number of benzene rings is 1. The summed E-state index contributed by atoms with van der Waals surface area (Å²) in [7, 11) is -3.56. The number of rotatable bonds is 7. The fourth-order valence-corrected chi connectivity index (χ4v) is 3.88. The molecule has 0 bridgehead atoms. The van der Waals surface area contributed by atoms with E-state index in [4.69, 9.17) is 5.73 Å². The highest BCUT2D eigenvalue weighted by Crippen LogP contribution is 2.19.